The van der Waals surface area contributed by atoms with E-state index in [9.17, 15) is 24.3 Å². The number of fused-ring (bicyclic) bond motifs is 1. The van der Waals surface area contributed by atoms with Gasteiger partial charge in [-0.1, -0.05) is 36.4 Å². The number of aliphatic hydroxyl groups excluding tert-OH is 1. The van der Waals surface area contributed by atoms with Crippen molar-refractivity contribution in [2.75, 3.05) is 39.4 Å². The first kappa shape index (κ1) is 28.9. The quantitative estimate of drug-likeness (QED) is 0.400. The first-order valence-electron chi connectivity index (χ1n) is 14.6. The van der Waals surface area contributed by atoms with Crippen molar-refractivity contribution in [3.8, 4) is 0 Å². The minimum Gasteiger partial charge on any atom is -0.457 e. The molecule has 1 N–H and O–H groups in total. The van der Waals surface area contributed by atoms with Gasteiger partial charge in [-0.05, 0) is 49.4 Å². The molecule has 1 unspecified atom stereocenters. The van der Waals surface area contributed by atoms with Gasteiger partial charge in [-0.25, -0.2) is 14.4 Å². The Morgan fingerprint density at radius 1 is 0.953 bits per heavy atom. The van der Waals surface area contributed by atoms with E-state index in [2.05, 4.69) is 4.90 Å². The molecular formula is C32H35N3O8. The predicted octanol–water partition coefficient (Wildman–Crippen LogP) is 2.85. The molecule has 0 aliphatic carbocycles. The number of rotatable bonds is 6. The number of hydrogen-bond acceptors (Lipinski definition) is 9. The van der Waals surface area contributed by atoms with E-state index >= 15 is 0 Å². The van der Waals surface area contributed by atoms with E-state index in [0.29, 0.717) is 42.8 Å². The highest BCUT2D eigenvalue weighted by Crippen LogP contribution is 2.40. The number of aliphatic hydroxyl groups is 1. The van der Waals surface area contributed by atoms with Gasteiger partial charge in [0.2, 0.25) is 0 Å². The van der Waals surface area contributed by atoms with E-state index in [4.69, 9.17) is 14.2 Å². The summed E-state index contributed by atoms with van der Waals surface area (Å²) in [5.74, 6) is -1.05. The lowest BCUT2D eigenvalue weighted by Crippen LogP contribution is -2.70. The van der Waals surface area contributed by atoms with E-state index < -0.39 is 17.6 Å². The van der Waals surface area contributed by atoms with Crippen molar-refractivity contribution in [1.82, 2.24) is 14.7 Å². The summed E-state index contributed by atoms with van der Waals surface area (Å²) in [6.07, 6.45) is 0.0606. The number of likely N-dealkylation sites (tertiary alicyclic amines) is 1. The molecule has 4 aliphatic rings. The highest BCUT2D eigenvalue weighted by molar-refractivity contribution is 5.96. The number of hydrogen-bond donors (Lipinski definition) is 1. The number of carbonyl (C=O) groups is 4. The second kappa shape index (κ2) is 11.5. The summed E-state index contributed by atoms with van der Waals surface area (Å²) in [5.41, 5.74) is 3.77. The van der Waals surface area contributed by atoms with Gasteiger partial charge < -0.3 is 24.2 Å². The molecule has 2 amide bonds. The van der Waals surface area contributed by atoms with Crippen molar-refractivity contribution < 1.29 is 38.5 Å². The van der Waals surface area contributed by atoms with Crippen LogP contribution < -0.4 is 0 Å². The van der Waals surface area contributed by atoms with Crippen molar-refractivity contribution in [3.63, 3.8) is 0 Å². The lowest BCUT2D eigenvalue weighted by Gasteiger charge is -2.53. The Labute approximate surface area is 249 Å². The van der Waals surface area contributed by atoms with Crippen LogP contribution in [0, 0.1) is 6.92 Å². The predicted molar refractivity (Wildman–Crippen MR) is 152 cm³/mol. The number of piperazine rings is 1. The molecule has 1 atom stereocenters. The SMILES string of the molecule is CC1=C(N2CCN(C(=O)OCc3ccccc3)C3(CCN(C(CO)c4ccc5c(c4C)COC5=O)CC3)C2=O)COC1=O. The summed E-state index contributed by atoms with van der Waals surface area (Å²) in [5, 5.41) is 10.5. The molecule has 11 nitrogen and oxygen atoms in total. The van der Waals surface area contributed by atoms with E-state index in [1.807, 2.05) is 43.3 Å². The van der Waals surface area contributed by atoms with Crippen molar-refractivity contribution in [2.45, 2.75) is 51.5 Å². The van der Waals surface area contributed by atoms with Crippen LogP contribution in [0.3, 0.4) is 0 Å². The van der Waals surface area contributed by atoms with Crippen molar-refractivity contribution >= 4 is 23.9 Å². The third-order valence-corrected chi connectivity index (χ3v) is 9.34. The second-order valence-electron chi connectivity index (χ2n) is 11.4. The largest absolute Gasteiger partial charge is 0.457 e. The maximum atomic E-state index is 14.3. The molecule has 43 heavy (non-hydrogen) atoms. The van der Waals surface area contributed by atoms with Crippen LogP contribution >= 0.6 is 0 Å². The molecule has 2 saturated heterocycles. The molecule has 0 aromatic heterocycles. The minimum atomic E-state index is -1.19. The number of ether oxygens (including phenoxy) is 3. The molecule has 2 aromatic carbocycles. The lowest BCUT2D eigenvalue weighted by molar-refractivity contribution is -0.152. The number of cyclic esters (lactones) is 2. The molecule has 0 saturated carbocycles. The average Bonchev–Trinajstić information content (AvgIpc) is 3.57. The zero-order valence-corrected chi connectivity index (χ0v) is 24.3. The van der Waals surface area contributed by atoms with Gasteiger partial charge in [-0.2, -0.15) is 0 Å². The molecule has 11 heteroatoms. The van der Waals surface area contributed by atoms with Gasteiger partial charge >= 0.3 is 18.0 Å². The van der Waals surface area contributed by atoms with Crippen LogP contribution in [0.1, 0.15) is 58.4 Å². The highest BCUT2D eigenvalue weighted by Gasteiger charge is 2.55. The Morgan fingerprint density at radius 2 is 1.67 bits per heavy atom. The molecular weight excluding hydrogens is 554 g/mol. The van der Waals surface area contributed by atoms with Crippen LogP contribution in [-0.4, -0.2) is 88.7 Å². The molecule has 0 bridgehead atoms. The van der Waals surface area contributed by atoms with Gasteiger partial charge in [-0.3, -0.25) is 14.6 Å². The standard InChI is InChI=1S/C32H35N3O8/c1-20-23(8-9-24-25(20)18-41-29(24)38)26(16-36)33-12-10-32(11-13-33)30(39)34(27-19-42-28(37)21(27)2)14-15-35(32)31(40)43-17-22-6-4-3-5-7-22/h3-9,26,36H,10-19H2,1-2H3. The van der Waals surface area contributed by atoms with Gasteiger partial charge in [-0.15, -0.1) is 0 Å². The van der Waals surface area contributed by atoms with Crippen LogP contribution in [0.4, 0.5) is 4.79 Å². The molecule has 2 fully saturated rings. The average molecular weight is 590 g/mol. The van der Waals surface area contributed by atoms with E-state index in [1.54, 1.807) is 22.8 Å². The first-order valence-corrected chi connectivity index (χ1v) is 14.6. The Balaban J connectivity index is 1.26. The highest BCUT2D eigenvalue weighted by atomic mass is 16.6. The fraction of sp³-hybridized carbons (Fsp3) is 0.438. The number of piperidine rings is 1. The minimum absolute atomic E-state index is 0.0213. The third-order valence-electron chi connectivity index (χ3n) is 9.34. The van der Waals surface area contributed by atoms with Crippen molar-refractivity contribution in [1.29, 1.82) is 0 Å². The van der Waals surface area contributed by atoms with Crippen LogP contribution in [0.15, 0.2) is 53.7 Å². The van der Waals surface area contributed by atoms with Gasteiger partial charge in [0.25, 0.3) is 5.91 Å². The summed E-state index contributed by atoms with van der Waals surface area (Å²) in [6.45, 7) is 5.05. The number of esters is 2. The Kier molecular flexibility index (Phi) is 7.70. The zero-order chi connectivity index (χ0) is 30.3. The monoisotopic (exact) mass is 589 g/mol. The fourth-order valence-corrected chi connectivity index (χ4v) is 6.78. The molecule has 1 spiro atoms. The topological polar surface area (TPSA) is 126 Å². The summed E-state index contributed by atoms with van der Waals surface area (Å²) in [7, 11) is 0. The Hall–Kier alpha value is -4.22. The summed E-state index contributed by atoms with van der Waals surface area (Å²) in [4.78, 5) is 57.3. The number of amides is 2. The number of nitrogens with zero attached hydrogens (tertiary/aromatic N) is 3. The summed E-state index contributed by atoms with van der Waals surface area (Å²) < 4.78 is 16.1. The smallest absolute Gasteiger partial charge is 0.411 e. The normalized spacial score (nSPS) is 20.8. The van der Waals surface area contributed by atoms with Crippen LogP contribution in [0.25, 0.3) is 0 Å². The third kappa shape index (κ3) is 4.96. The first-order chi connectivity index (χ1) is 20.7. The van der Waals surface area contributed by atoms with Gasteiger partial charge in [0, 0.05) is 31.7 Å². The maximum absolute atomic E-state index is 14.3. The summed E-state index contributed by atoms with van der Waals surface area (Å²) >= 11 is 0. The van der Waals surface area contributed by atoms with Gasteiger partial charge in [0.05, 0.1) is 29.5 Å². The van der Waals surface area contributed by atoms with Crippen LogP contribution in [-0.2, 0) is 37.0 Å². The van der Waals surface area contributed by atoms with Gasteiger partial charge in [0.15, 0.2) is 0 Å². The Morgan fingerprint density at radius 3 is 2.35 bits per heavy atom. The molecule has 0 radical (unpaired) electrons. The maximum Gasteiger partial charge on any atom is 0.411 e. The lowest BCUT2D eigenvalue weighted by atomic mass is 9.81. The van der Waals surface area contributed by atoms with Crippen molar-refractivity contribution in [3.05, 3.63) is 81.6 Å². The molecule has 4 aliphatic heterocycles. The molecule has 6 rings (SSSR count). The van der Waals surface area contributed by atoms with E-state index in [0.717, 1.165) is 22.3 Å². The van der Waals surface area contributed by atoms with Crippen LogP contribution in [0.2, 0.25) is 0 Å². The van der Waals surface area contributed by atoms with Crippen molar-refractivity contribution in [2.24, 2.45) is 0 Å². The molecule has 4 heterocycles. The van der Waals surface area contributed by atoms with E-state index in [1.165, 1.54) is 0 Å². The Bertz CT molecular complexity index is 1500. The fourth-order valence-electron chi connectivity index (χ4n) is 6.78. The van der Waals surface area contributed by atoms with Gasteiger partial charge in [0.1, 0.15) is 25.4 Å². The van der Waals surface area contributed by atoms with E-state index in [-0.39, 0.29) is 57.4 Å². The number of benzene rings is 2. The second-order valence-corrected chi connectivity index (χ2v) is 11.4. The molecule has 2 aromatic rings. The molecule has 226 valence electrons. The zero-order valence-electron chi connectivity index (χ0n) is 24.3. The van der Waals surface area contributed by atoms with Crippen LogP contribution in [0.5, 0.6) is 0 Å². The summed E-state index contributed by atoms with van der Waals surface area (Å²) in [6, 6.07) is 12.6. The number of carbonyl (C=O) groups excluding carboxylic acids is 4.